The topological polar surface area (TPSA) is 77.3 Å². The molecule has 0 aliphatic heterocycles. The van der Waals surface area contributed by atoms with E-state index in [2.05, 4.69) is 31.0 Å². The van der Waals surface area contributed by atoms with Crippen molar-refractivity contribution in [2.24, 2.45) is 0 Å². The van der Waals surface area contributed by atoms with Crippen molar-refractivity contribution in [2.45, 2.75) is 26.8 Å². The maximum absolute atomic E-state index is 13.5. The minimum Gasteiger partial charge on any atom is -0.465 e. The Kier molecular flexibility index (Phi) is 6.32. The molecule has 0 fully saturated rings. The summed E-state index contributed by atoms with van der Waals surface area (Å²) in [5.41, 5.74) is 4.12. The number of aromatic nitrogens is 3. The maximum atomic E-state index is 13.5. The molecule has 2 aromatic heterocycles. The van der Waals surface area contributed by atoms with Crippen LogP contribution in [0.25, 0.3) is 10.2 Å². The Morgan fingerprint density at radius 2 is 1.84 bits per heavy atom. The molecule has 8 heteroatoms. The van der Waals surface area contributed by atoms with Crippen LogP contribution < -0.4 is 4.90 Å². The Morgan fingerprint density at radius 1 is 1.09 bits per heavy atom. The first kappa shape index (κ1) is 21.7. The van der Waals surface area contributed by atoms with Gasteiger partial charge in [-0.05, 0) is 61.7 Å². The molecule has 0 radical (unpaired) electrons. The number of hydrogen-bond acceptors (Lipinski definition) is 6. The molecule has 0 bridgehead atoms. The number of hydrogen-bond donors (Lipinski definition) is 0. The number of esters is 1. The number of aryl methyl sites for hydroxylation is 3. The Balaban J connectivity index is 1.64. The summed E-state index contributed by atoms with van der Waals surface area (Å²) in [5, 5.41) is 0.668. The van der Waals surface area contributed by atoms with Gasteiger partial charge in [-0.2, -0.15) is 0 Å². The Labute approximate surface area is 190 Å². The molecule has 7 nitrogen and oxygen atoms in total. The molecule has 0 saturated heterocycles. The van der Waals surface area contributed by atoms with Crippen LogP contribution in [0.15, 0.2) is 55.1 Å². The van der Waals surface area contributed by atoms with Crippen molar-refractivity contribution in [3.63, 3.8) is 0 Å². The minimum atomic E-state index is -0.432. The molecule has 0 atom stereocenters. The Morgan fingerprint density at radius 3 is 2.53 bits per heavy atom. The third-order valence-corrected chi connectivity index (χ3v) is 6.50. The molecular formula is C24H24N4O3S. The molecule has 4 rings (SSSR count). The SMILES string of the molecule is COC(=O)c1ccc(C(=O)N(CCCn2ccnc2)c2nc3c(C)c(C)ccc3s2)cc1. The van der Waals surface area contributed by atoms with E-state index in [4.69, 9.17) is 9.72 Å². The summed E-state index contributed by atoms with van der Waals surface area (Å²) in [7, 11) is 1.33. The highest BCUT2D eigenvalue weighted by atomic mass is 32.1. The van der Waals surface area contributed by atoms with Crippen LogP contribution in [0.3, 0.4) is 0 Å². The van der Waals surface area contributed by atoms with E-state index in [-0.39, 0.29) is 5.91 Å². The third kappa shape index (κ3) is 4.40. The van der Waals surface area contributed by atoms with E-state index in [0.29, 0.717) is 22.8 Å². The van der Waals surface area contributed by atoms with E-state index in [0.717, 1.165) is 28.7 Å². The van der Waals surface area contributed by atoms with Gasteiger partial charge in [-0.15, -0.1) is 0 Å². The molecule has 0 aliphatic rings. The highest BCUT2D eigenvalue weighted by Crippen LogP contribution is 2.32. The lowest BCUT2D eigenvalue weighted by molar-refractivity contribution is 0.0600. The third-order valence-electron chi connectivity index (χ3n) is 5.46. The molecule has 0 unspecified atom stereocenters. The number of imidazole rings is 1. The molecule has 2 heterocycles. The van der Waals surface area contributed by atoms with Crippen molar-refractivity contribution >= 4 is 38.6 Å². The summed E-state index contributed by atoms with van der Waals surface area (Å²) in [5.74, 6) is -0.585. The second-order valence-corrected chi connectivity index (χ2v) is 8.54. The molecule has 0 saturated carbocycles. The van der Waals surface area contributed by atoms with Gasteiger partial charge in [0.2, 0.25) is 0 Å². The molecule has 0 aliphatic carbocycles. The highest BCUT2D eigenvalue weighted by Gasteiger charge is 2.22. The molecule has 164 valence electrons. The summed E-state index contributed by atoms with van der Waals surface area (Å²) in [6, 6.07) is 10.7. The average molecular weight is 449 g/mol. The fourth-order valence-electron chi connectivity index (χ4n) is 3.47. The van der Waals surface area contributed by atoms with Gasteiger partial charge in [-0.1, -0.05) is 17.4 Å². The predicted octanol–water partition coefficient (Wildman–Crippen LogP) is 4.63. The predicted molar refractivity (Wildman–Crippen MR) is 125 cm³/mol. The zero-order chi connectivity index (χ0) is 22.7. The van der Waals surface area contributed by atoms with E-state index in [1.807, 2.05) is 10.8 Å². The van der Waals surface area contributed by atoms with Crippen molar-refractivity contribution in [3.05, 3.63) is 77.4 Å². The number of methoxy groups -OCH3 is 1. The van der Waals surface area contributed by atoms with Crippen molar-refractivity contribution < 1.29 is 14.3 Å². The van der Waals surface area contributed by atoms with Crippen molar-refractivity contribution in [2.75, 3.05) is 18.6 Å². The number of carbonyl (C=O) groups excluding carboxylic acids is 2. The molecule has 4 aromatic rings. The summed E-state index contributed by atoms with van der Waals surface area (Å²) in [4.78, 5) is 35.8. The standard InChI is InChI=1S/C24H24N4O3S/c1-16-5-10-20-21(17(16)2)26-24(32-20)28(13-4-12-27-14-11-25-15-27)22(29)18-6-8-19(9-7-18)23(30)31-3/h5-11,14-15H,4,12-13H2,1-3H3. The van der Waals surface area contributed by atoms with Gasteiger partial charge in [0.1, 0.15) is 0 Å². The highest BCUT2D eigenvalue weighted by molar-refractivity contribution is 7.22. The normalized spacial score (nSPS) is 11.0. The van der Waals surface area contributed by atoms with Crippen molar-refractivity contribution in [3.8, 4) is 0 Å². The van der Waals surface area contributed by atoms with Gasteiger partial charge < -0.3 is 9.30 Å². The van der Waals surface area contributed by atoms with E-state index < -0.39 is 5.97 Å². The van der Waals surface area contributed by atoms with E-state index in [9.17, 15) is 9.59 Å². The summed E-state index contributed by atoms with van der Waals surface area (Å²) < 4.78 is 7.78. The maximum Gasteiger partial charge on any atom is 0.337 e. The number of carbonyl (C=O) groups is 2. The largest absolute Gasteiger partial charge is 0.465 e. The van der Waals surface area contributed by atoms with E-state index in [1.54, 1.807) is 41.7 Å². The lowest BCUT2D eigenvalue weighted by atomic mass is 10.1. The number of anilines is 1. The van der Waals surface area contributed by atoms with Crippen LogP contribution in [-0.2, 0) is 11.3 Å². The van der Waals surface area contributed by atoms with Gasteiger partial charge in [-0.3, -0.25) is 9.69 Å². The summed E-state index contributed by atoms with van der Waals surface area (Å²) in [6.07, 6.45) is 6.16. The van der Waals surface area contributed by atoms with Gasteiger partial charge in [0, 0.05) is 31.0 Å². The van der Waals surface area contributed by atoms with Crippen molar-refractivity contribution in [1.82, 2.24) is 14.5 Å². The second kappa shape index (κ2) is 9.32. The molecule has 1 amide bonds. The van der Waals surface area contributed by atoms with Crippen LogP contribution >= 0.6 is 11.3 Å². The zero-order valence-electron chi connectivity index (χ0n) is 18.2. The van der Waals surface area contributed by atoms with Gasteiger partial charge in [0.15, 0.2) is 5.13 Å². The molecule has 2 aromatic carbocycles. The summed E-state index contributed by atoms with van der Waals surface area (Å²) >= 11 is 1.51. The number of nitrogens with zero attached hydrogens (tertiary/aromatic N) is 4. The number of ether oxygens (including phenoxy) is 1. The van der Waals surface area contributed by atoms with Gasteiger partial charge in [-0.25, -0.2) is 14.8 Å². The van der Waals surface area contributed by atoms with Crippen LogP contribution in [0.4, 0.5) is 5.13 Å². The number of thiazole rings is 1. The average Bonchev–Trinajstić information content (AvgIpc) is 3.49. The first-order valence-corrected chi connectivity index (χ1v) is 11.1. The molecular weight excluding hydrogens is 424 g/mol. The fraction of sp³-hybridized carbons (Fsp3) is 0.250. The van der Waals surface area contributed by atoms with Crippen LogP contribution in [0.5, 0.6) is 0 Å². The van der Waals surface area contributed by atoms with Gasteiger partial charge in [0.05, 0.1) is 29.2 Å². The van der Waals surface area contributed by atoms with Gasteiger partial charge >= 0.3 is 5.97 Å². The number of amides is 1. The number of benzene rings is 2. The van der Waals surface area contributed by atoms with Crippen LogP contribution in [0, 0.1) is 13.8 Å². The fourth-order valence-corrected chi connectivity index (χ4v) is 4.52. The van der Waals surface area contributed by atoms with Crippen LogP contribution in [-0.4, -0.2) is 40.1 Å². The first-order chi connectivity index (χ1) is 15.5. The Hall–Kier alpha value is -3.52. The molecule has 32 heavy (non-hydrogen) atoms. The van der Waals surface area contributed by atoms with Gasteiger partial charge in [0.25, 0.3) is 5.91 Å². The quantitative estimate of drug-likeness (QED) is 0.385. The van der Waals surface area contributed by atoms with E-state index in [1.165, 1.54) is 24.0 Å². The smallest absolute Gasteiger partial charge is 0.337 e. The summed E-state index contributed by atoms with van der Waals surface area (Å²) in [6.45, 7) is 5.37. The van der Waals surface area contributed by atoms with Crippen LogP contribution in [0.1, 0.15) is 38.3 Å². The second-order valence-electron chi connectivity index (χ2n) is 7.53. The molecule has 0 N–H and O–H groups in total. The lowest BCUT2D eigenvalue weighted by Crippen LogP contribution is -2.32. The monoisotopic (exact) mass is 448 g/mol. The first-order valence-electron chi connectivity index (χ1n) is 10.3. The van der Waals surface area contributed by atoms with Crippen LogP contribution in [0.2, 0.25) is 0 Å². The number of fused-ring (bicyclic) bond motifs is 1. The zero-order valence-corrected chi connectivity index (χ0v) is 19.1. The van der Waals surface area contributed by atoms with E-state index >= 15 is 0 Å². The Bertz CT molecular complexity index is 1250. The minimum absolute atomic E-state index is 0.152. The number of rotatable bonds is 7. The lowest BCUT2D eigenvalue weighted by Gasteiger charge is -2.20. The van der Waals surface area contributed by atoms with Crippen molar-refractivity contribution in [1.29, 1.82) is 0 Å². The molecule has 0 spiro atoms.